The van der Waals surface area contributed by atoms with Gasteiger partial charge < -0.3 is 8.96 Å². The number of rotatable bonds is 2. The van der Waals surface area contributed by atoms with Crippen molar-refractivity contribution in [2.75, 3.05) is 0 Å². The Morgan fingerprint density at radius 3 is 1.39 bits per heavy atom. The Balaban J connectivity index is 1.75. The lowest BCUT2D eigenvalue weighted by molar-refractivity contribution is 1.07. The van der Waals surface area contributed by atoms with Gasteiger partial charge in [0.1, 0.15) is 34.7 Å². The molecule has 0 spiro atoms. The number of benzene rings is 2. The van der Waals surface area contributed by atoms with E-state index in [2.05, 4.69) is 32.1 Å². The molecule has 4 heterocycles. The van der Waals surface area contributed by atoms with Gasteiger partial charge in [0, 0.05) is 22.2 Å². The van der Waals surface area contributed by atoms with Crippen LogP contribution in [0.4, 0.5) is 0 Å². The molecule has 0 aliphatic carbocycles. The number of hydrogen-bond acceptors (Lipinski definition) is 6. The molecule has 0 amide bonds. The molecule has 0 atom stereocenters. The zero-order valence-electron chi connectivity index (χ0n) is 20.5. The van der Waals surface area contributed by atoms with Crippen molar-refractivity contribution < 1.29 is 0 Å². The maximum atomic E-state index is 10.3. The molecule has 4 radical (unpaired) electrons. The first-order valence-electron chi connectivity index (χ1n) is 11.7. The third kappa shape index (κ3) is 3.31. The Labute approximate surface area is 219 Å². The average molecular weight is 486 g/mol. The van der Waals surface area contributed by atoms with E-state index in [1.807, 2.05) is 62.4 Å². The third-order valence-electron chi connectivity index (χ3n) is 6.76. The molecule has 0 N–H and O–H groups in total. The van der Waals surface area contributed by atoms with E-state index in [-0.39, 0.29) is 11.1 Å². The summed E-state index contributed by atoms with van der Waals surface area (Å²) < 4.78 is 2.88. The highest BCUT2D eigenvalue weighted by molar-refractivity contribution is 6.14. The van der Waals surface area contributed by atoms with Gasteiger partial charge >= 0.3 is 0 Å². The van der Waals surface area contributed by atoms with Crippen molar-refractivity contribution in [3.05, 3.63) is 94.4 Å². The molecular formula is C28H16B2N8. The van der Waals surface area contributed by atoms with Crippen LogP contribution in [0.5, 0.6) is 0 Å². The predicted molar refractivity (Wildman–Crippen MR) is 146 cm³/mol. The van der Waals surface area contributed by atoms with Gasteiger partial charge in [-0.3, -0.25) is 9.97 Å². The van der Waals surface area contributed by atoms with Crippen LogP contribution >= 0.6 is 0 Å². The normalized spacial score (nSPS) is 12.9. The van der Waals surface area contributed by atoms with E-state index in [0.717, 1.165) is 0 Å². The third-order valence-corrected chi connectivity index (χ3v) is 6.76. The lowest BCUT2D eigenvalue weighted by atomic mass is 10.1. The summed E-state index contributed by atoms with van der Waals surface area (Å²) >= 11 is 0. The second kappa shape index (κ2) is 8.72. The number of hydrogen-bond donors (Lipinski definition) is 0. The molecule has 2 aromatic carbocycles. The topological polar surface area (TPSA) is 109 Å². The van der Waals surface area contributed by atoms with Crippen molar-refractivity contribution in [3.63, 3.8) is 0 Å². The fourth-order valence-corrected chi connectivity index (χ4v) is 4.87. The molecule has 0 fully saturated rings. The number of para-hydroxylation sites is 4. The van der Waals surface area contributed by atoms with Crippen LogP contribution in [0.25, 0.3) is 44.0 Å². The Morgan fingerprint density at radius 2 is 1.03 bits per heavy atom. The van der Waals surface area contributed by atoms with E-state index in [9.17, 15) is 10.5 Å². The molecular weight excluding hydrogens is 470 g/mol. The van der Waals surface area contributed by atoms with E-state index < -0.39 is 0 Å². The number of aryl methyl sites for hydroxylation is 2. The zero-order valence-corrected chi connectivity index (χ0v) is 20.5. The fourth-order valence-electron chi connectivity index (χ4n) is 4.87. The summed E-state index contributed by atoms with van der Waals surface area (Å²) in [4.78, 5) is 18.3. The molecule has 0 bridgehead atoms. The van der Waals surface area contributed by atoms with Gasteiger partial charge in [-0.25, -0.2) is 9.97 Å². The van der Waals surface area contributed by atoms with Crippen LogP contribution in [0.3, 0.4) is 0 Å². The quantitative estimate of drug-likeness (QED) is 0.348. The van der Waals surface area contributed by atoms with Gasteiger partial charge in [0.15, 0.2) is 0 Å². The fraction of sp³-hybridized carbons (Fsp3) is 0.0714. The number of fused-ring (bicyclic) bond motifs is 3. The lowest BCUT2D eigenvalue weighted by Crippen LogP contribution is -2.24. The van der Waals surface area contributed by atoms with Gasteiger partial charge in [0.2, 0.25) is 16.0 Å². The second-order valence-electron chi connectivity index (χ2n) is 8.82. The summed E-state index contributed by atoms with van der Waals surface area (Å²) in [5.41, 5.74) is 5.25. The number of aromatic nitrogens is 6. The smallest absolute Gasteiger partial charge is 0.234 e. The largest absolute Gasteiger partial charge is 0.399 e. The summed E-state index contributed by atoms with van der Waals surface area (Å²) in [7, 11) is 13.1. The lowest BCUT2D eigenvalue weighted by Gasteiger charge is -2.07. The van der Waals surface area contributed by atoms with Crippen molar-refractivity contribution in [2.45, 2.75) is 13.8 Å². The van der Waals surface area contributed by atoms with E-state index >= 15 is 0 Å². The van der Waals surface area contributed by atoms with E-state index in [1.54, 1.807) is 12.4 Å². The maximum Gasteiger partial charge on any atom is 0.234 e. The van der Waals surface area contributed by atoms with Gasteiger partial charge in [-0.15, -0.1) is 0 Å². The Bertz CT molecular complexity index is 2000. The zero-order chi connectivity index (χ0) is 26.6. The molecule has 0 aliphatic rings. The molecule has 0 saturated carbocycles. The van der Waals surface area contributed by atoms with Crippen LogP contribution in [0.15, 0.2) is 60.9 Å². The molecule has 0 aliphatic heterocycles. The second-order valence-corrected chi connectivity index (χ2v) is 8.82. The Morgan fingerprint density at radius 1 is 0.658 bits per heavy atom. The van der Waals surface area contributed by atoms with Crippen LogP contribution in [0, 0.1) is 36.5 Å². The summed E-state index contributed by atoms with van der Waals surface area (Å²) in [6.07, 6.45) is 3.12. The SMILES string of the molecule is [B]n1c(C)c2/c(=C(\C#N)c3cnc4ccccc4n3)n([B])c(C)c2/c1=C(\C#N)c1cnc2ccccc2n1. The minimum absolute atomic E-state index is 0.244. The molecule has 8 nitrogen and oxygen atoms in total. The highest BCUT2D eigenvalue weighted by atomic mass is 14.9. The highest BCUT2D eigenvalue weighted by Gasteiger charge is 2.21. The summed E-state index contributed by atoms with van der Waals surface area (Å²) in [6.45, 7) is 3.63. The van der Waals surface area contributed by atoms with Crippen LogP contribution in [-0.2, 0) is 0 Å². The van der Waals surface area contributed by atoms with Crippen molar-refractivity contribution in [2.24, 2.45) is 0 Å². The highest BCUT2D eigenvalue weighted by Crippen LogP contribution is 2.22. The van der Waals surface area contributed by atoms with Crippen LogP contribution in [-0.4, -0.2) is 44.9 Å². The van der Waals surface area contributed by atoms with Crippen molar-refractivity contribution in [1.82, 2.24) is 28.9 Å². The van der Waals surface area contributed by atoms with Crippen molar-refractivity contribution in [3.8, 4) is 12.1 Å². The molecule has 6 rings (SSSR count). The first-order chi connectivity index (χ1) is 18.4. The molecule has 0 saturated heterocycles. The average Bonchev–Trinajstić information content (AvgIpc) is 3.35. The van der Waals surface area contributed by atoms with Crippen LogP contribution in [0.1, 0.15) is 22.8 Å². The van der Waals surface area contributed by atoms with Crippen molar-refractivity contribution in [1.29, 1.82) is 10.5 Å². The van der Waals surface area contributed by atoms with Gasteiger partial charge in [-0.2, -0.15) is 10.5 Å². The summed E-state index contributed by atoms with van der Waals surface area (Å²) in [5.74, 6) is 0. The van der Waals surface area contributed by atoms with Crippen LogP contribution < -0.4 is 10.7 Å². The van der Waals surface area contributed by atoms with Gasteiger partial charge in [-0.05, 0) is 38.1 Å². The molecule has 38 heavy (non-hydrogen) atoms. The minimum Gasteiger partial charge on any atom is -0.399 e. The van der Waals surface area contributed by atoms with Gasteiger partial charge in [0.05, 0.1) is 45.2 Å². The predicted octanol–water partition coefficient (Wildman–Crippen LogP) is 2.25. The van der Waals surface area contributed by atoms with E-state index in [1.165, 1.54) is 8.96 Å². The molecule has 174 valence electrons. The first-order valence-corrected chi connectivity index (χ1v) is 11.7. The van der Waals surface area contributed by atoms with Gasteiger partial charge in [0.25, 0.3) is 0 Å². The van der Waals surface area contributed by atoms with E-state index in [0.29, 0.717) is 66.3 Å². The number of nitriles is 2. The monoisotopic (exact) mass is 486 g/mol. The summed E-state index contributed by atoms with van der Waals surface area (Å²) in [5, 5.41) is 22.7. The minimum atomic E-state index is 0.244. The molecule has 10 heteroatoms. The molecule has 6 aromatic rings. The van der Waals surface area contributed by atoms with E-state index in [4.69, 9.17) is 16.0 Å². The van der Waals surface area contributed by atoms with Crippen LogP contribution in [0.2, 0.25) is 0 Å². The molecule has 0 unspecified atom stereocenters. The Hall–Kier alpha value is -5.21. The molecule has 4 aromatic heterocycles. The Kier molecular flexibility index (Phi) is 5.32. The standard InChI is InChI=1S/C28H16B2N8/c1-15-25-26(28(37(15)29)18(12-32)24-14-34-20-8-4-6-10-22(20)36-24)16(2)38(30)27(25)17(11-31)23-13-33-19-7-3-5-9-21(19)35-23/h3-10,13-14H,1-2H3/b27-17-,28-18-. The first kappa shape index (κ1) is 23.2. The van der Waals surface area contributed by atoms with Crippen molar-refractivity contribution >= 4 is 59.9 Å². The van der Waals surface area contributed by atoms with Gasteiger partial charge in [-0.1, -0.05) is 24.3 Å². The maximum absolute atomic E-state index is 10.3. The summed E-state index contributed by atoms with van der Waals surface area (Å²) in [6, 6.07) is 19.4. The number of nitrogens with zero attached hydrogens (tertiary/aromatic N) is 8.